The molecule has 5 heteroatoms. The van der Waals surface area contributed by atoms with E-state index in [4.69, 9.17) is 0 Å². The van der Waals surface area contributed by atoms with E-state index in [1.807, 2.05) is 29.2 Å². The zero-order valence-electron chi connectivity index (χ0n) is 17.1. The van der Waals surface area contributed by atoms with Gasteiger partial charge in [-0.1, -0.05) is 30.7 Å². The van der Waals surface area contributed by atoms with Gasteiger partial charge >= 0.3 is 0 Å². The highest BCUT2D eigenvalue weighted by Gasteiger charge is 2.43. The Morgan fingerprint density at radius 1 is 1.10 bits per heavy atom. The van der Waals surface area contributed by atoms with Gasteiger partial charge in [0.1, 0.15) is 0 Å². The number of pyridine rings is 1. The predicted molar refractivity (Wildman–Crippen MR) is 113 cm³/mol. The summed E-state index contributed by atoms with van der Waals surface area (Å²) in [5, 5.41) is 2.89. The van der Waals surface area contributed by atoms with Crippen molar-refractivity contribution in [3.63, 3.8) is 0 Å². The molecule has 5 nitrogen and oxygen atoms in total. The molecule has 152 valence electrons. The van der Waals surface area contributed by atoms with Crippen LogP contribution in [0.25, 0.3) is 11.1 Å². The van der Waals surface area contributed by atoms with Gasteiger partial charge in [0, 0.05) is 38.4 Å². The summed E-state index contributed by atoms with van der Waals surface area (Å²) in [4.78, 5) is 31.7. The van der Waals surface area contributed by atoms with Crippen LogP contribution in [0.2, 0.25) is 0 Å². The standard InChI is InChI=1S/C24H29N3O2/c1-25-23(29)24(11-15-27(16-12-24)22(28)19-6-4-7-19)17-20-5-2-3-8-21(20)18-9-13-26-14-10-18/h2-3,5,8-10,13-14,19H,4,6-7,11-12,15-17H2,1H3,(H,25,29). The smallest absolute Gasteiger partial charge is 0.226 e. The fourth-order valence-electron chi connectivity index (χ4n) is 4.67. The molecule has 0 unspecified atom stereocenters. The number of aromatic nitrogens is 1. The molecule has 1 saturated heterocycles. The second kappa shape index (κ2) is 8.36. The number of nitrogens with one attached hydrogen (secondary N) is 1. The Hall–Kier alpha value is -2.69. The summed E-state index contributed by atoms with van der Waals surface area (Å²) in [6.45, 7) is 1.33. The lowest BCUT2D eigenvalue weighted by atomic mass is 9.71. The molecule has 2 aliphatic rings. The van der Waals surface area contributed by atoms with Crippen LogP contribution in [0, 0.1) is 11.3 Å². The number of amides is 2. The average molecular weight is 392 g/mol. The maximum absolute atomic E-state index is 13.0. The Labute approximate surface area is 172 Å². The number of hydrogen-bond acceptors (Lipinski definition) is 3. The summed E-state index contributed by atoms with van der Waals surface area (Å²) in [6.07, 6.45) is 8.89. The normalized spacial score (nSPS) is 18.7. The molecule has 2 aromatic rings. The lowest BCUT2D eigenvalue weighted by molar-refractivity contribution is -0.144. The van der Waals surface area contributed by atoms with E-state index in [1.54, 1.807) is 19.4 Å². The van der Waals surface area contributed by atoms with Crippen LogP contribution in [0.5, 0.6) is 0 Å². The molecule has 0 radical (unpaired) electrons. The van der Waals surface area contributed by atoms with Gasteiger partial charge in [0.15, 0.2) is 0 Å². The van der Waals surface area contributed by atoms with E-state index >= 15 is 0 Å². The lowest BCUT2D eigenvalue weighted by Gasteiger charge is -2.42. The van der Waals surface area contributed by atoms with Crippen molar-refractivity contribution < 1.29 is 9.59 Å². The largest absolute Gasteiger partial charge is 0.359 e. The first-order valence-corrected chi connectivity index (χ1v) is 10.6. The first-order chi connectivity index (χ1) is 14.1. The van der Waals surface area contributed by atoms with Crippen LogP contribution in [0.4, 0.5) is 0 Å². The van der Waals surface area contributed by atoms with Crippen molar-refractivity contribution >= 4 is 11.8 Å². The molecular weight excluding hydrogens is 362 g/mol. The van der Waals surface area contributed by atoms with Crippen LogP contribution >= 0.6 is 0 Å². The summed E-state index contributed by atoms with van der Waals surface area (Å²) < 4.78 is 0. The predicted octanol–water partition coefficient (Wildman–Crippen LogP) is 3.45. The van der Waals surface area contributed by atoms with E-state index in [1.165, 1.54) is 5.56 Å². The van der Waals surface area contributed by atoms with Gasteiger partial charge in [-0.05, 0) is 60.9 Å². The molecule has 1 saturated carbocycles. The molecule has 1 aromatic heterocycles. The first-order valence-electron chi connectivity index (χ1n) is 10.6. The highest BCUT2D eigenvalue weighted by atomic mass is 16.2. The maximum atomic E-state index is 13.0. The number of carbonyl (C=O) groups excluding carboxylic acids is 2. The van der Waals surface area contributed by atoms with Gasteiger partial charge in [0.2, 0.25) is 11.8 Å². The van der Waals surface area contributed by atoms with Gasteiger partial charge in [-0.2, -0.15) is 0 Å². The fraction of sp³-hybridized carbons (Fsp3) is 0.458. The Balaban J connectivity index is 1.56. The second-order valence-electron chi connectivity index (χ2n) is 8.38. The Morgan fingerprint density at radius 3 is 2.41 bits per heavy atom. The third-order valence-corrected chi connectivity index (χ3v) is 6.73. The van der Waals surface area contributed by atoms with Crippen LogP contribution in [-0.2, 0) is 16.0 Å². The highest BCUT2D eigenvalue weighted by molar-refractivity contribution is 5.84. The number of carbonyl (C=O) groups is 2. The van der Waals surface area contributed by atoms with Gasteiger partial charge in [0.05, 0.1) is 5.41 Å². The minimum atomic E-state index is -0.478. The van der Waals surface area contributed by atoms with Crippen molar-refractivity contribution in [3.05, 3.63) is 54.4 Å². The lowest BCUT2D eigenvalue weighted by Crippen LogP contribution is -2.52. The Kier molecular flexibility index (Phi) is 5.65. The Morgan fingerprint density at radius 2 is 1.79 bits per heavy atom. The number of likely N-dealkylation sites (tertiary alicyclic amines) is 1. The molecule has 0 atom stereocenters. The zero-order valence-corrected chi connectivity index (χ0v) is 17.1. The highest BCUT2D eigenvalue weighted by Crippen LogP contribution is 2.39. The van der Waals surface area contributed by atoms with E-state index in [0.29, 0.717) is 38.3 Å². The topological polar surface area (TPSA) is 62.3 Å². The minimum Gasteiger partial charge on any atom is -0.359 e. The van der Waals surface area contributed by atoms with Gasteiger partial charge in [0.25, 0.3) is 0 Å². The summed E-state index contributed by atoms with van der Waals surface area (Å²) in [5.74, 6) is 0.589. The van der Waals surface area contributed by atoms with Crippen molar-refractivity contribution in [3.8, 4) is 11.1 Å². The van der Waals surface area contributed by atoms with Gasteiger partial charge < -0.3 is 10.2 Å². The minimum absolute atomic E-state index is 0.0813. The molecule has 29 heavy (non-hydrogen) atoms. The summed E-state index contributed by atoms with van der Waals surface area (Å²) >= 11 is 0. The van der Waals surface area contributed by atoms with E-state index in [9.17, 15) is 9.59 Å². The molecule has 2 amide bonds. The number of rotatable bonds is 5. The van der Waals surface area contributed by atoms with Crippen LogP contribution in [0.1, 0.15) is 37.7 Å². The summed E-state index contributed by atoms with van der Waals surface area (Å²) in [7, 11) is 1.71. The number of hydrogen-bond donors (Lipinski definition) is 1. The van der Waals surface area contributed by atoms with Gasteiger partial charge in [-0.25, -0.2) is 0 Å². The van der Waals surface area contributed by atoms with Crippen molar-refractivity contribution in [1.82, 2.24) is 15.2 Å². The summed E-state index contributed by atoms with van der Waals surface area (Å²) in [6, 6.07) is 12.3. The molecule has 0 bridgehead atoms. The molecule has 0 spiro atoms. The third kappa shape index (κ3) is 3.91. The number of nitrogens with zero attached hydrogens (tertiary/aromatic N) is 2. The fourth-order valence-corrected chi connectivity index (χ4v) is 4.67. The second-order valence-corrected chi connectivity index (χ2v) is 8.38. The van der Waals surface area contributed by atoms with Crippen LogP contribution in [-0.4, -0.2) is 41.8 Å². The maximum Gasteiger partial charge on any atom is 0.226 e. The van der Waals surface area contributed by atoms with Gasteiger partial charge in [-0.3, -0.25) is 14.6 Å². The van der Waals surface area contributed by atoms with Crippen molar-refractivity contribution in [1.29, 1.82) is 0 Å². The molecule has 1 N–H and O–H groups in total. The zero-order chi connectivity index (χ0) is 20.3. The quantitative estimate of drug-likeness (QED) is 0.849. The molecule has 2 heterocycles. The van der Waals surface area contributed by atoms with E-state index in [-0.39, 0.29) is 11.8 Å². The SMILES string of the molecule is CNC(=O)C1(Cc2ccccc2-c2ccncc2)CCN(C(=O)C2CCC2)CC1. The Bertz CT molecular complexity index is 869. The van der Waals surface area contributed by atoms with Crippen molar-refractivity contribution in [2.24, 2.45) is 11.3 Å². The molecule has 1 aromatic carbocycles. The van der Waals surface area contributed by atoms with Crippen molar-refractivity contribution in [2.75, 3.05) is 20.1 Å². The molecule has 2 fully saturated rings. The molecular formula is C24H29N3O2. The van der Waals surface area contributed by atoms with Crippen molar-refractivity contribution in [2.45, 2.75) is 38.5 Å². The summed E-state index contributed by atoms with van der Waals surface area (Å²) in [5.41, 5.74) is 2.95. The number of benzene rings is 1. The molecule has 1 aliphatic heterocycles. The average Bonchev–Trinajstić information content (AvgIpc) is 2.73. The first kappa shape index (κ1) is 19.6. The monoisotopic (exact) mass is 391 g/mol. The number of piperidine rings is 1. The molecule has 1 aliphatic carbocycles. The van der Waals surface area contributed by atoms with Crippen LogP contribution in [0.3, 0.4) is 0 Å². The van der Waals surface area contributed by atoms with Gasteiger partial charge in [-0.15, -0.1) is 0 Å². The van der Waals surface area contributed by atoms with Crippen LogP contribution < -0.4 is 5.32 Å². The van der Waals surface area contributed by atoms with Crippen LogP contribution in [0.15, 0.2) is 48.8 Å². The van der Waals surface area contributed by atoms with E-state index < -0.39 is 5.41 Å². The van der Waals surface area contributed by atoms with E-state index in [0.717, 1.165) is 30.4 Å². The molecule has 4 rings (SSSR count). The third-order valence-electron chi connectivity index (χ3n) is 6.73. The van der Waals surface area contributed by atoms with E-state index in [2.05, 4.69) is 22.4 Å².